The molecule has 0 saturated carbocycles. The van der Waals surface area contributed by atoms with Gasteiger partial charge in [0.05, 0.1) is 4.92 Å². The van der Waals surface area contributed by atoms with Gasteiger partial charge in [0.1, 0.15) is 9.77 Å². The molecule has 2 aromatic carbocycles. The predicted molar refractivity (Wildman–Crippen MR) is 118 cm³/mol. The molecule has 0 fully saturated rings. The van der Waals surface area contributed by atoms with Gasteiger partial charge in [0.15, 0.2) is 0 Å². The molecule has 0 spiro atoms. The van der Waals surface area contributed by atoms with E-state index in [-0.39, 0.29) is 27.0 Å². The summed E-state index contributed by atoms with van der Waals surface area (Å²) in [5.41, 5.74) is 1.66. The van der Waals surface area contributed by atoms with Crippen LogP contribution < -0.4 is 5.32 Å². The highest BCUT2D eigenvalue weighted by atomic mass is 35.5. The predicted octanol–water partition coefficient (Wildman–Crippen LogP) is 4.31. The number of thiophene rings is 1. The minimum absolute atomic E-state index is 0.155. The summed E-state index contributed by atoms with van der Waals surface area (Å²) in [7, 11) is -3.59. The van der Waals surface area contributed by atoms with E-state index in [1.165, 1.54) is 33.8 Å². The molecular weight excluding hydrogens is 462 g/mol. The summed E-state index contributed by atoms with van der Waals surface area (Å²) in [4.78, 5) is 23.2. The molecule has 3 aromatic rings. The number of nitro groups is 1. The Morgan fingerprint density at radius 2 is 1.97 bits per heavy atom. The summed E-state index contributed by atoms with van der Waals surface area (Å²) < 4.78 is 27.4. The summed E-state index contributed by atoms with van der Waals surface area (Å²) in [5.74, 6) is -0.673. The lowest BCUT2D eigenvalue weighted by atomic mass is 10.0. The standard InChI is InChI=1S/C20H16ClN3O5S2/c21-15-4-6-18(24(26)27)17(11-15)20(25)22-16-5-3-13-7-8-23(12-14(13)10-16)31(28,29)19-2-1-9-30-19/h1-6,9-11H,7-8,12H2,(H,22,25). The first-order valence-electron chi connectivity index (χ1n) is 9.16. The zero-order chi connectivity index (χ0) is 22.2. The van der Waals surface area contributed by atoms with E-state index >= 15 is 0 Å². The van der Waals surface area contributed by atoms with Gasteiger partial charge in [-0.1, -0.05) is 23.7 Å². The second kappa shape index (κ2) is 8.39. The van der Waals surface area contributed by atoms with Crippen molar-refractivity contribution in [1.82, 2.24) is 4.31 Å². The van der Waals surface area contributed by atoms with Crippen LogP contribution in [0.2, 0.25) is 5.02 Å². The molecule has 4 rings (SSSR count). The lowest BCUT2D eigenvalue weighted by Crippen LogP contribution is -2.35. The fourth-order valence-electron chi connectivity index (χ4n) is 3.40. The third-order valence-corrected chi connectivity index (χ3v) is 8.38. The lowest BCUT2D eigenvalue weighted by molar-refractivity contribution is -0.385. The van der Waals surface area contributed by atoms with Crippen LogP contribution in [0.1, 0.15) is 21.5 Å². The van der Waals surface area contributed by atoms with Crippen molar-refractivity contribution in [2.75, 3.05) is 11.9 Å². The van der Waals surface area contributed by atoms with Crippen LogP contribution in [0.4, 0.5) is 11.4 Å². The Bertz CT molecular complexity index is 1280. The number of halogens is 1. The molecule has 0 aliphatic carbocycles. The number of nitro benzene ring substituents is 1. The molecular formula is C20H16ClN3O5S2. The van der Waals surface area contributed by atoms with Crippen molar-refractivity contribution in [2.24, 2.45) is 0 Å². The maximum Gasteiger partial charge on any atom is 0.282 e. The average molecular weight is 478 g/mol. The van der Waals surface area contributed by atoms with Crippen molar-refractivity contribution >= 4 is 50.2 Å². The van der Waals surface area contributed by atoms with Gasteiger partial charge < -0.3 is 5.32 Å². The molecule has 0 atom stereocenters. The molecule has 0 radical (unpaired) electrons. The first-order chi connectivity index (χ1) is 14.8. The van der Waals surface area contributed by atoms with E-state index < -0.39 is 20.9 Å². The van der Waals surface area contributed by atoms with Gasteiger partial charge in [-0.05, 0) is 53.3 Å². The van der Waals surface area contributed by atoms with Gasteiger partial charge >= 0.3 is 0 Å². The number of anilines is 1. The van der Waals surface area contributed by atoms with E-state index in [1.807, 2.05) is 6.07 Å². The highest BCUT2D eigenvalue weighted by molar-refractivity contribution is 7.91. The van der Waals surface area contributed by atoms with E-state index in [2.05, 4.69) is 5.32 Å². The van der Waals surface area contributed by atoms with Crippen molar-refractivity contribution in [3.63, 3.8) is 0 Å². The monoisotopic (exact) mass is 477 g/mol. The molecule has 11 heteroatoms. The molecule has 0 bridgehead atoms. The van der Waals surface area contributed by atoms with Crippen LogP contribution in [0.15, 0.2) is 58.1 Å². The molecule has 8 nitrogen and oxygen atoms in total. The van der Waals surface area contributed by atoms with Crippen molar-refractivity contribution in [3.05, 3.63) is 85.7 Å². The summed E-state index contributed by atoms with van der Waals surface area (Å²) in [6.45, 7) is 0.546. The fraction of sp³-hybridized carbons (Fsp3) is 0.150. The van der Waals surface area contributed by atoms with Crippen molar-refractivity contribution in [2.45, 2.75) is 17.2 Å². The summed E-state index contributed by atoms with van der Waals surface area (Å²) in [5, 5.41) is 15.8. The van der Waals surface area contributed by atoms with Crippen molar-refractivity contribution < 1.29 is 18.1 Å². The smallest absolute Gasteiger partial charge is 0.282 e. The van der Waals surface area contributed by atoms with Crippen LogP contribution in [-0.2, 0) is 23.0 Å². The summed E-state index contributed by atoms with van der Waals surface area (Å²) in [6.07, 6.45) is 0.550. The third-order valence-electron chi connectivity index (χ3n) is 4.93. The second-order valence-corrected chi connectivity index (χ2v) is 10.4. The molecule has 0 unspecified atom stereocenters. The van der Waals surface area contributed by atoms with E-state index in [0.717, 1.165) is 11.1 Å². The lowest BCUT2D eigenvalue weighted by Gasteiger charge is -2.28. The Balaban J connectivity index is 1.58. The minimum atomic E-state index is -3.59. The Morgan fingerprint density at radius 1 is 1.16 bits per heavy atom. The number of amides is 1. The van der Waals surface area contributed by atoms with Crippen LogP contribution in [0.5, 0.6) is 0 Å². The second-order valence-electron chi connectivity index (χ2n) is 6.88. The van der Waals surface area contributed by atoms with Crippen LogP contribution in [0, 0.1) is 10.1 Å². The van der Waals surface area contributed by atoms with Crippen LogP contribution in [-0.4, -0.2) is 30.1 Å². The Morgan fingerprint density at radius 3 is 2.68 bits per heavy atom. The van der Waals surface area contributed by atoms with Crippen LogP contribution in [0.3, 0.4) is 0 Å². The number of fused-ring (bicyclic) bond motifs is 1. The molecule has 1 aliphatic heterocycles. The molecule has 1 aliphatic rings. The normalized spacial score (nSPS) is 14.1. The van der Waals surface area contributed by atoms with E-state index in [1.54, 1.807) is 29.6 Å². The number of rotatable bonds is 5. The van der Waals surface area contributed by atoms with Crippen molar-refractivity contribution in [3.8, 4) is 0 Å². The number of sulfonamides is 1. The average Bonchev–Trinajstić information content (AvgIpc) is 3.28. The maximum atomic E-state index is 12.8. The zero-order valence-corrected chi connectivity index (χ0v) is 18.3. The fourth-order valence-corrected chi connectivity index (χ4v) is 6.13. The SMILES string of the molecule is O=C(Nc1ccc2c(c1)CN(S(=O)(=O)c1cccs1)CC2)c1cc(Cl)ccc1[N+](=O)[O-]. The van der Waals surface area contributed by atoms with Gasteiger partial charge in [-0.3, -0.25) is 14.9 Å². The molecule has 160 valence electrons. The van der Waals surface area contributed by atoms with Crippen molar-refractivity contribution in [1.29, 1.82) is 0 Å². The number of carbonyl (C=O) groups is 1. The summed E-state index contributed by atoms with van der Waals surface area (Å²) >= 11 is 7.07. The highest BCUT2D eigenvalue weighted by Crippen LogP contribution is 2.29. The van der Waals surface area contributed by atoms with Crippen LogP contribution in [0.25, 0.3) is 0 Å². The largest absolute Gasteiger partial charge is 0.322 e. The number of nitrogens with one attached hydrogen (secondary N) is 1. The first kappa shape index (κ1) is 21.4. The number of benzene rings is 2. The highest BCUT2D eigenvalue weighted by Gasteiger charge is 2.29. The maximum absolute atomic E-state index is 12.8. The quantitative estimate of drug-likeness (QED) is 0.435. The molecule has 0 saturated heterocycles. The number of hydrogen-bond donors (Lipinski definition) is 1. The first-order valence-corrected chi connectivity index (χ1v) is 11.9. The van der Waals surface area contributed by atoms with E-state index in [9.17, 15) is 23.3 Å². The summed E-state index contributed by atoms with van der Waals surface area (Å²) in [6, 6.07) is 12.2. The zero-order valence-electron chi connectivity index (χ0n) is 15.9. The van der Waals surface area contributed by atoms with Gasteiger partial charge in [-0.25, -0.2) is 8.42 Å². The van der Waals surface area contributed by atoms with E-state index in [0.29, 0.717) is 18.7 Å². The minimum Gasteiger partial charge on any atom is -0.322 e. The number of hydrogen-bond acceptors (Lipinski definition) is 6. The van der Waals surface area contributed by atoms with Gasteiger partial charge in [0.25, 0.3) is 21.6 Å². The molecule has 1 amide bonds. The van der Waals surface area contributed by atoms with E-state index in [4.69, 9.17) is 11.6 Å². The molecule has 2 heterocycles. The van der Waals surface area contributed by atoms with Gasteiger partial charge in [-0.2, -0.15) is 4.31 Å². The van der Waals surface area contributed by atoms with Crippen LogP contribution >= 0.6 is 22.9 Å². The molecule has 31 heavy (non-hydrogen) atoms. The Kier molecular flexibility index (Phi) is 5.80. The number of carbonyl (C=O) groups excluding carboxylic acids is 1. The Hall–Kier alpha value is -2.79. The molecule has 1 aromatic heterocycles. The number of nitrogens with zero attached hydrogens (tertiary/aromatic N) is 2. The molecule has 1 N–H and O–H groups in total. The topological polar surface area (TPSA) is 110 Å². The van der Waals surface area contributed by atoms with Gasteiger partial charge in [0.2, 0.25) is 0 Å². The third kappa shape index (κ3) is 4.33. The van der Waals surface area contributed by atoms with Gasteiger partial charge in [0, 0.05) is 29.9 Å². The Labute approximate surface area is 187 Å². The van der Waals surface area contributed by atoms with Gasteiger partial charge in [-0.15, -0.1) is 11.3 Å².